The molecular weight excluding hydrogens is 274 g/mol. The Morgan fingerprint density at radius 1 is 0.955 bits per heavy atom. The molecule has 3 aromatic rings. The van der Waals surface area contributed by atoms with E-state index in [2.05, 4.69) is 11.9 Å². The number of nitrogen functional groups attached to an aromatic ring is 2. The van der Waals surface area contributed by atoms with E-state index in [1.54, 1.807) is 0 Å². The Bertz CT molecular complexity index is 815. The molecule has 0 saturated heterocycles. The second-order valence-electron chi connectivity index (χ2n) is 5.19. The van der Waals surface area contributed by atoms with E-state index < -0.39 is 0 Å². The molecule has 0 unspecified atom stereocenters. The Labute approximate surface area is 129 Å². The summed E-state index contributed by atoms with van der Waals surface area (Å²) in [4.78, 5) is 4.38. The standard InChI is InChI=1S/C18H19N3O/c1-2-12-7-8-13(21-18(12)20)11-22-17-10-9-16(19)14-5-3-4-6-15(14)17/h3-10H,2,11,19H2,1H3,(H2,20,21). The lowest BCUT2D eigenvalue weighted by atomic mass is 10.1. The lowest BCUT2D eigenvalue weighted by Crippen LogP contribution is -2.04. The van der Waals surface area contributed by atoms with Crippen LogP contribution in [0.3, 0.4) is 0 Å². The predicted octanol–water partition coefficient (Wildman–Crippen LogP) is 3.54. The SMILES string of the molecule is CCc1ccc(COc2ccc(N)c3ccccc23)nc1N. The van der Waals surface area contributed by atoms with Crippen LogP contribution in [0.5, 0.6) is 5.75 Å². The number of anilines is 2. The van der Waals surface area contributed by atoms with E-state index in [0.717, 1.165) is 39.9 Å². The van der Waals surface area contributed by atoms with Crippen LogP contribution in [-0.4, -0.2) is 4.98 Å². The predicted molar refractivity (Wildman–Crippen MR) is 90.7 cm³/mol. The molecule has 1 aromatic heterocycles. The van der Waals surface area contributed by atoms with Gasteiger partial charge in [0, 0.05) is 16.5 Å². The summed E-state index contributed by atoms with van der Waals surface area (Å²) in [5, 5.41) is 1.99. The Kier molecular flexibility index (Phi) is 3.83. The number of pyridine rings is 1. The maximum absolute atomic E-state index is 6.00. The minimum absolute atomic E-state index is 0.377. The Balaban J connectivity index is 1.85. The molecule has 0 aliphatic carbocycles. The molecule has 0 bridgehead atoms. The molecule has 0 radical (unpaired) electrons. The molecule has 0 spiro atoms. The minimum Gasteiger partial charge on any atom is -0.487 e. The van der Waals surface area contributed by atoms with E-state index in [9.17, 15) is 0 Å². The highest BCUT2D eigenvalue weighted by molar-refractivity contribution is 5.96. The number of nitrogens with two attached hydrogens (primary N) is 2. The molecule has 112 valence electrons. The van der Waals surface area contributed by atoms with Crippen molar-refractivity contribution >= 4 is 22.3 Å². The van der Waals surface area contributed by atoms with Crippen LogP contribution in [0.1, 0.15) is 18.2 Å². The molecule has 0 aliphatic rings. The molecule has 1 heterocycles. The van der Waals surface area contributed by atoms with Gasteiger partial charge in [-0.25, -0.2) is 4.98 Å². The highest BCUT2D eigenvalue weighted by atomic mass is 16.5. The van der Waals surface area contributed by atoms with Crippen molar-refractivity contribution in [2.45, 2.75) is 20.0 Å². The van der Waals surface area contributed by atoms with E-state index >= 15 is 0 Å². The molecule has 4 heteroatoms. The van der Waals surface area contributed by atoms with Gasteiger partial charge in [0.25, 0.3) is 0 Å². The van der Waals surface area contributed by atoms with Gasteiger partial charge in [-0.1, -0.05) is 37.3 Å². The van der Waals surface area contributed by atoms with Gasteiger partial charge >= 0.3 is 0 Å². The molecule has 22 heavy (non-hydrogen) atoms. The van der Waals surface area contributed by atoms with Crippen LogP contribution >= 0.6 is 0 Å². The first-order chi connectivity index (χ1) is 10.7. The normalized spacial score (nSPS) is 10.8. The maximum Gasteiger partial charge on any atom is 0.130 e. The molecule has 0 atom stereocenters. The van der Waals surface area contributed by atoms with E-state index in [1.165, 1.54) is 0 Å². The number of ether oxygens (including phenoxy) is 1. The molecule has 4 nitrogen and oxygen atoms in total. The largest absolute Gasteiger partial charge is 0.487 e. The Hall–Kier alpha value is -2.75. The third-order valence-corrected chi connectivity index (χ3v) is 3.74. The quantitative estimate of drug-likeness (QED) is 0.721. The lowest BCUT2D eigenvalue weighted by molar-refractivity contribution is 0.305. The van der Waals surface area contributed by atoms with Crippen molar-refractivity contribution in [1.82, 2.24) is 4.98 Å². The Morgan fingerprint density at radius 2 is 1.73 bits per heavy atom. The van der Waals surface area contributed by atoms with Crippen molar-refractivity contribution in [3.8, 4) is 5.75 Å². The first-order valence-electron chi connectivity index (χ1n) is 7.33. The van der Waals surface area contributed by atoms with Crippen molar-refractivity contribution < 1.29 is 4.74 Å². The lowest BCUT2D eigenvalue weighted by Gasteiger charge is -2.11. The molecule has 2 aromatic carbocycles. The van der Waals surface area contributed by atoms with Crippen molar-refractivity contribution in [3.05, 3.63) is 59.8 Å². The topological polar surface area (TPSA) is 74.2 Å². The number of hydrogen-bond acceptors (Lipinski definition) is 4. The van der Waals surface area contributed by atoms with E-state index in [0.29, 0.717) is 12.4 Å². The van der Waals surface area contributed by atoms with Crippen LogP contribution in [0.4, 0.5) is 11.5 Å². The van der Waals surface area contributed by atoms with Crippen molar-refractivity contribution in [1.29, 1.82) is 0 Å². The number of rotatable bonds is 4. The monoisotopic (exact) mass is 293 g/mol. The summed E-state index contributed by atoms with van der Waals surface area (Å²) < 4.78 is 5.92. The van der Waals surface area contributed by atoms with Gasteiger partial charge < -0.3 is 16.2 Å². The van der Waals surface area contributed by atoms with Crippen LogP contribution in [0.2, 0.25) is 0 Å². The third-order valence-electron chi connectivity index (χ3n) is 3.74. The fourth-order valence-electron chi connectivity index (χ4n) is 2.50. The summed E-state index contributed by atoms with van der Waals surface area (Å²) in [5.74, 6) is 1.37. The summed E-state index contributed by atoms with van der Waals surface area (Å²) >= 11 is 0. The van der Waals surface area contributed by atoms with Crippen LogP contribution in [0.15, 0.2) is 48.5 Å². The first-order valence-corrected chi connectivity index (χ1v) is 7.33. The zero-order valence-corrected chi connectivity index (χ0v) is 12.5. The zero-order valence-electron chi connectivity index (χ0n) is 12.5. The van der Waals surface area contributed by atoms with Crippen LogP contribution in [0.25, 0.3) is 10.8 Å². The second-order valence-corrected chi connectivity index (χ2v) is 5.19. The second kappa shape index (κ2) is 5.93. The smallest absolute Gasteiger partial charge is 0.130 e. The number of benzene rings is 2. The van der Waals surface area contributed by atoms with Crippen LogP contribution < -0.4 is 16.2 Å². The summed E-state index contributed by atoms with van der Waals surface area (Å²) in [6, 6.07) is 15.6. The van der Waals surface area contributed by atoms with Gasteiger partial charge in [-0.3, -0.25) is 0 Å². The summed E-state index contributed by atoms with van der Waals surface area (Å²) in [6.07, 6.45) is 0.878. The molecule has 0 aliphatic heterocycles. The Morgan fingerprint density at radius 3 is 2.45 bits per heavy atom. The van der Waals surface area contributed by atoms with E-state index in [-0.39, 0.29) is 0 Å². The van der Waals surface area contributed by atoms with Crippen LogP contribution in [0, 0.1) is 0 Å². The van der Waals surface area contributed by atoms with Gasteiger partial charge in [-0.2, -0.15) is 0 Å². The number of aromatic nitrogens is 1. The fourth-order valence-corrected chi connectivity index (χ4v) is 2.50. The van der Waals surface area contributed by atoms with E-state index in [1.807, 2.05) is 48.5 Å². The van der Waals surface area contributed by atoms with Gasteiger partial charge in [0.05, 0.1) is 5.69 Å². The fraction of sp³-hybridized carbons (Fsp3) is 0.167. The number of hydrogen-bond donors (Lipinski definition) is 2. The maximum atomic E-state index is 6.00. The van der Waals surface area contributed by atoms with Gasteiger partial charge in [0.15, 0.2) is 0 Å². The van der Waals surface area contributed by atoms with Gasteiger partial charge in [0.2, 0.25) is 0 Å². The number of nitrogens with zero attached hydrogens (tertiary/aromatic N) is 1. The van der Waals surface area contributed by atoms with Gasteiger partial charge in [-0.15, -0.1) is 0 Å². The van der Waals surface area contributed by atoms with Crippen molar-refractivity contribution in [2.75, 3.05) is 11.5 Å². The minimum atomic E-state index is 0.377. The average molecular weight is 293 g/mol. The summed E-state index contributed by atoms with van der Waals surface area (Å²) in [6.45, 7) is 2.44. The highest BCUT2D eigenvalue weighted by Crippen LogP contribution is 2.30. The van der Waals surface area contributed by atoms with E-state index in [4.69, 9.17) is 16.2 Å². The molecular formula is C18H19N3O. The number of fused-ring (bicyclic) bond motifs is 1. The average Bonchev–Trinajstić information content (AvgIpc) is 2.55. The molecule has 0 saturated carbocycles. The van der Waals surface area contributed by atoms with Gasteiger partial charge in [0.1, 0.15) is 18.2 Å². The molecule has 3 rings (SSSR count). The molecule has 0 amide bonds. The highest BCUT2D eigenvalue weighted by Gasteiger charge is 2.06. The number of aryl methyl sites for hydroxylation is 1. The van der Waals surface area contributed by atoms with Crippen molar-refractivity contribution in [2.24, 2.45) is 0 Å². The van der Waals surface area contributed by atoms with Crippen LogP contribution in [-0.2, 0) is 13.0 Å². The third kappa shape index (κ3) is 2.68. The zero-order chi connectivity index (χ0) is 15.5. The van der Waals surface area contributed by atoms with Gasteiger partial charge in [-0.05, 0) is 30.2 Å². The van der Waals surface area contributed by atoms with Crippen molar-refractivity contribution in [3.63, 3.8) is 0 Å². The summed E-state index contributed by atoms with van der Waals surface area (Å²) in [5.41, 5.74) is 14.5. The summed E-state index contributed by atoms with van der Waals surface area (Å²) in [7, 11) is 0. The molecule has 0 fully saturated rings. The first kappa shape index (κ1) is 14.2. The molecule has 4 N–H and O–H groups in total.